The second-order valence-corrected chi connectivity index (χ2v) is 8.11. The smallest absolute Gasteiger partial charge is 0.296 e. The molecule has 0 amide bonds. The molecule has 9 nitrogen and oxygen atoms in total. The molecule has 0 unspecified atom stereocenters. The van der Waals surface area contributed by atoms with E-state index >= 15 is 0 Å². The van der Waals surface area contributed by atoms with Gasteiger partial charge in [0.2, 0.25) is 0 Å². The third kappa shape index (κ3) is 4.31. The van der Waals surface area contributed by atoms with Crippen molar-refractivity contribution in [3.63, 3.8) is 0 Å². The number of anilines is 1. The number of phenolic OH excluding ortho intramolecular Hbond substituents is 1. The number of benzene rings is 4. The first-order valence-electron chi connectivity index (χ1n) is 9.34. The Kier molecular flexibility index (Phi) is 5.63. The van der Waals surface area contributed by atoms with E-state index in [9.17, 15) is 18.1 Å². The number of nitrogens with zero attached hydrogens (tertiary/aromatic N) is 4. The molecular weight excluding hydrogens is 430 g/mol. The summed E-state index contributed by atoms with van der Waals surface area (Å²) in [5.41, 5.74) is 6.97. The number of phenols is 1. The average molecular weight is 447 g/mol. The molecule has 4 N–H and O–H groups in total. The first-order chi connectivity index (χ1) is 15.3. The van der Waals surface area contributed by atoms with Gasteiger partial charge in [-0.3, -0.25) is 4.55 Å². The summed E-state index contributed by atoms with van der Waals surface area (Å²) in [7, 11) is -4.78. The summed E-state index contributed by atoms with van der Waals surface area (Å²) in [5, 5.41) is 27.3. The lowest BCUT2D eigenvalue weighted by molar-refractivity contribution is 0.472. The van der Waals surface area contributed by atoms with Gasteiger partial charge in [0.05, 0.1) is 17.1 Å². The first kappa shape index (κ1) is 21.1. The minimum atomic E-state index is -4.78. The molecule has 0 aromatic heterocycles. The van der Waals surface area contributed by atoms with Gasteiger partial charge in [-0.2, -0.15) is 18.6 Å². The molecule has 0 radical (unpaired) electrons. The first-order valence-corrected chi connectivity index (χ1v) is 10.8. The fourth-order valence-electron chi connectivity index (χ4n) is 3.03. The molecule has 0 spiro atoms. The zero-order valence-corrected chi connectivity index (χ0v) is 17.3. The molecule has 0 saturated heterocycles. The van der Waals surface area contributed by atoms with Crippen LogP contribution in [0.2, 0.25) is 0 Å². The second kappa shape index (κ2) is 8.53. The average Bonchev–Trinajstić information content (AvgIpc) is 2.78. The number of nitrogen functional groups attached to an aromatic ring is 1. The topological polar surface area (TPSA) is 150 Å². The zero-order valence-electron chi connectivity index (χ0n) is 16.5. The Morgan fingerprint density at radius 1 is 0.688 bits per heavy atom. The molecule has 0 aliphatic carbocycles. The van der Waals surface area contributed by atoms with Crippen molar-refractivity contribution in [3.05, 3.63) is 78.9 Å². The number of aromatic hydroxyl groups is 1. The summed E-state index contributed by atoms with van der Waals surface area (Å²) in [6, 6.07) is 21.5. The molecule has 0 bridgehead atoms. The van der Waals surface area contributed by atoms with Crippen LogP contribution in [0.5, 0.6) is 5.75 Å². The van der Waals surface area contributed by atoms with Crippen LogP contribution in [0, 0.1) is 0 Å². The van der Waals surface area contributed by atoms with Gasteiger partial charge in [-0.25, -0.2) is 0 Å². The molecule has 0 fully saturated rings. The predicted molar refractivity (Wildman–Crippen MR) is 121 cm³/mol. The van der Waals surface area contributed by atoms with Crippen molar-refractivity contribution in [3.8, 4) is 5.75 Å². The van der Waals surface area contributed by atoms with Crippen molar-refractivity contribution in [1.29, 1.82) is 0 Å². The highest BCUT2D eigenvalue weighted by Crippen LogP contribution is 2.45. The number of fused-ring (bicyclic) bond motifs is 1. The molecule has 0 saturated carbocycles. The van der Waals surface area contributed by atoms with E-state index in [1.807, 2.05) is 6.07 Å². The van der Waals surface area contributed by atoms with Gasteiger partial charge in [-0.05, 0) is 42.5 Å². The van der Waals surface area contributed by atoms with Crippen LogP contribution in [-0.2, 0) is 10.1 Å². The van der Waals surface area contributed by atoms with Gasteiger partial charge in [0.25, 0.3) is 10.1 Å². The fraction of sp³-hybridized carbons (Fsp3) is 0. The molecule has 0 atom stereocenters. The Hall–Kier alpha value is -4.15. The van der Waals surface area contributed by atoms with E-state index in [1.54, 1.807) is 54.6 Å². The number of azo groups is 2. The number of hydrogen-bond acceptors (Lipinski definition) is 8. The van der Waals surface area contributed by atoms with E-state index in [0.29, 0.717) is 11.4 Å². The quantitative estimate of drug-likeness (QED) is 0.189. The standard InChI is InChI=1S/C22H17N5O4S/c23-18-12-11-16-17(20(18)26-24-14-7-3-1-4-8-14)13-19(32(29,30)31)21(22(16)28)27-25-15-9-5-2-6-10-15/h1-13,28H,23H2,(H,29,30,31). The van der Waals surface area contributed by atoms with Crippen LogP contribution in [-0.4, -0.2) is 18.1 Å². The van der Waals surface area contributed by atoms with E-state index in [0.717, 1.165) is 6.07 Å². The Labute approximate surface area is 183 Å². The highest BCUT2D eigenvalue weighted by Gasteiger charge is 2.23. The van der Waals surface area contributed by atoms with E-state index in [2.05, 4.69) is 20.5 Å². The molecule has 4 aromatic rings. The second-order valence-electron chi connectivity index (χ2n) is 6.72. The Balaban J connectivity index is 1.94. The summed E-state index contributed by atoms with van der Waals surface area (Å²) in [5.74, 6) is -0.494. The lowest BCUT2D eigenvalue weighted by atomic mass is 10.1. The summed E-state index contributed by atoms with van der Waals surface area (Å²) in [4.78, 5) is -0.635. The van der Waals surface area contributed by atoms with Crippen molar-refractivity contribution in [2.45, 2.75) is 4.90 Å². The third-order valence-corrected chi connectivity index (χ3v) is 5.42. The van der Waals surface area contributed by atoms with E-state index in [1.165, 1.54) is 12.1 Å². The maximum Gasteiger partial charge on any atom is 0.296 e. The van der Waals surface area contributed by atoms with E-state index < -0.39 is 26.5 Å². The SMILES string of the molecule is Nc1ccc2c(O)c(N=Nc3ccccc3)c(S(=O)(=O)O)cc2c1N=Nc1ccccc1. The number of rotatable bonds is 5. The molecule has 0 aliphatic heterocycles. The normalized spacial score (nSPS) is 12.2. The molecular formula is C22H17N5O4S. The van der Waals surface area contributed by atoms with Crippen molar-refractivity contribution in [1.82, 2.24) is 0 Å². The highest BCUT2D eigenvalue weighted by molar-refractivity contribution is 7.86. The van der Waals surface area contributed by atoms with Crippen molar-refractivity contribution < 1.29 is 18.1 Å². The van der Waals surface area contributed by atoms with Gasteiger partial charge in [-0.1, -0.05) is 36.4 Å². The number of hydrogen-bond donors (Lipinski definition) is 3. The van der Waals surface area contributed by atoms with Crippen LogP contribution in [0.15, 0.2) is 104 Å². The van der Waals surface area contributed by atoms with E-state index in [-0.39, 0.29) is 22.1 Å². The Morgan fingerprint density at radius 3 is 1.75 bits per heavy atom. The zero-order chi connectivity index (χ0) is 22.7. The largest absolute Gasteiger partial charge is 0.505 e. The lowest BCUT2D eigenvalue weighted by Crippen LogP contribution is -1.99. The minimum Gasteiger partial charge on any atom is -0.505 e. The monoisotopic (exact) mass is 447 g/mol. The van der Waals surface area contributed by atoms with Crippen molar-refractivity contribution >= 4 is 49.3 Å². The molecule has 10 heteroatoms. The molecule has 32 heavy (non-hydrogen) atoms. The van der Waals surface area contributed by atoms with E-state index in [4.69, 9.17) is 5.73 Å². The lowest BCUT2D eigenvalue weighted by Gasteiger charge is -2.11. The van der Waals surface area contributed by atoms with Crippen LogP contribution in [0.3, 0.4) is 0 Å². The molecule has 0 heterocycles. The van der Waals surface area contributed by atoms with Crippen molar-refractivity contribution in [2.75, 3.05) is 5.73 Å². The number of nitrogens with two attached hydrogens (primary N) is 1. The molecule has 160 valence electrons. The highest BCUT2D eigenvalue weighted by atomic mass is 32.2. The van der Waals surface area contributed by atoms with Gasteiger partial charge in [0, 0.05) is 10.8 Å². The molecule has 0 aliphatic rings. The van der Waals surface area contributed by atoms with Gasteiger partial charge in [0.15, 0.2) is 5.75 Å². The summed E-state index contributed by atoms with van der Waals surface area (Å²) in [6.07, 6.45) is 0. The van der Waals surface area contributed by atoms with Crippen LogP contribution < -0.4 is 5.73 Å². The molecule has 4 rings (SSSR count). The van der Waals surface area contributed by atoms with Crippen LogP contribution in [0.4, 0.5) is 28.4 Å². The van der Waals surface area contributed by atoms with Crippen molar-refractivity contribution in [2.24, 2.45) is 20.5 Å². The van der Waals surface area contributed by atoms with Gasteiger partial charge >= 0.3 is 0 Å². The van der Waals surface area contributed by atoms with Gasteiger partial charge < -0.3 is 10.8 Å². The van der Waals surface area contributed by atoms with Gasteiger partial charge in [0.1, 0.15) is 16.3 Å². The summed E-state index contributed by atoms with van der Waals surface area (Å²) in [6.45, 7) is 0. The molecule has 4 aromatic carbocycles. The Morgan fingerprint density at radius 2 is 1.22 bits per heavy atom. The predicted octanol–water partition coefficient (Wildman–Crippen LogP) is 6.21. The van der Waals surface area contributed by atoms with Gasteiger partial charge in [-0.15, -0.1) is 10.2 Å². The Bertz CT molecular complexity index is 1450. The summed E-state index contributed by atoms with van der Waals surface area (Å²) < 4.78 is 34.0. The maximum absolute atomic E-state index is 12.1. The summed E-state index contributed by atoms with van der Waals surface area (Å²) >= 11 is 0. The fourth-order valence-corrected chi connectivity index (χ4v) is 3.68. The maximum atomic E-state index is 12.1. The third-order valence-electron chi connectivity index (χ3n) is 4.56. The minimum absolute atomic E-state index is 0.137. The van der Waals surface area contributed by atoms with Crippen LogP contribution in [0.25, 0.3) is 10.8 Å². The van der Waals surface area contributed by atoms with Crippen LogP contribution >= 0.6 is 0 Å². The van der Waals surface area contributed by atoms with Crippen LogP contribution in [0.1, 0.15) is 0 Å².